The zero-order valence-corrected chi connectivity index (χ0v) is 14.1. The summed E-state index contributed by atoms with van der Waals surface area (Å²) in [5.41, 5.74) is 0.218. The number of nitrogens with one attached hydrogen (secondary N) is 1. The maximum Gasteiger partial charge on any atom is 0.416 e. The van der Waals surface area contributed by atoms with Crippen LogP contribution in [0, 0.1) is 6.07 Å². The Bertz CT molecular complexity index is 804. The SMILES string of the molecule is O=C(O)CCCC(=O)Nc1ccc(-c2cc(C(F)(F)F)c[c]c2Cl)cc1. The molecule has 0 spiro atoms. The van der Waals surface area contributed by atoms with Crippen molar-refractivity contribution in [3.8, 4) is 11.1 Å². The molecular formula is C18H14ClF3NO3. The molecule has 2 N–H and O–H groups in total. The van der Waals surface area contributed by atoms with E-state index in [2.05, 4.69) is 11.4 Å². The Balaban J connectivity index is 2.10. The van der Waals surface area contributed by atoms with Gasteiger partial charge in [-0.3, -0.25) is 9.59 Å². The van der Waals surface area contributed by atoms with E-state index in [1.54, 1.807) is 0 Å². The van der Waals surface area contributed by atoms with Gasteiger partial charge in [0.15, 0.2) is 0 Å². The third-order valence-corrected chi connectivity index (χ3v) is 3.80. The van der Waals surface area contributed by atoms with Crippen molar-refractivity contribution in [2.45, 2.75) is 25.4 Å². The molecule has 0 aliphatic rings. The minimum absolute atomic E-state index is 0.0580. The molecular weight excluding hydrogens is 371 g/mol. The Kier molecular flexibility index (Phi) is 6.26. The molecule has 1 amide bonds. The van der Waals surface area contributed by atoms with E-state index in [0.717, 1.165) is 12.1 Å². The van der Waals surface area contributed by atoms with Gasteiger partial charge >= 0.3 is 12.1 Å². The molecule has 2 rings (SSSR count). The monoisotopic (exact) mass is 384 g/mol. The highest BCUT2D eigenvalue weighted by Gasteiger charge is 2.31. The molecule has 137 valence electrons. The number of carbonyl (C=O) groups excluding carboxylic acids is 1. The topological polar surface area (TPSA) is 66.4 Å². The van der Waals surface area contributed by atoms with Crippen molar-refractivity contribution in [2.24, 2.45) is 0 Å². The first kappa shape index (κ1) is 19.8. The third kappa shape index (κ3) is 5.49. The predicted octanol–water partition coefficient (Wildman–Crippen LogP) is 5.02. The summed E-state index contributed by atoms with van der Waals surface area (Å²) < 4.78 is 38.5. The van der Waals surface area contributed by atoms with Gasteiger partial charge in [0.1, 0.15) is 0 Å². The summed E-state index contributed by atoms with van der Waals surface area (Å²) >= 11 is 5.95. The number of anilines is 1. The van der Waals surface area contributed by atoms with Gasteiger partial charge in [0, 0.05) is 30.2 Å². The van der Waals surface area contributed by atoms with Crippen LogP contribution in [0.25, 0.3) is 11.1 Å². The summed E-state index contributed by atoms with van der Waals surface area (Å²) in [6, 6.07) is 10.2. The van der Waals surface area contributed by atoms with Crippen molar-refractivity contribution in [1.82, 2.24) is 0 Å². The largest absolute Gasteiger partial charge is 0.481 e. The van der Waals surface area contributed by atoms with Gasteiger partial charge in [-0.15, -0.1) is 0 Å². The van der Waals surface area contributed by atoms with Gasteiger partial charge in [0.2, 0.25) is 5.91 Å². The van der Waals surface area contributed by atoms with Crippen LogP contribution in [0.3, 0.4) is 0 Å². The highest BCUT2D eigenvalue weighted by Crippen LogP contribution is 2.35. The van der Waals surface area contributed by atoms with Crippen molar-refractivity contribution in [3.63, 3.8) is 0 Å². The average molecular weight is 385 g/mol. The standard InChI is InChI=1S/C18H14ClF3NO3/c19-15-9-6-12(18(20,21)22)10-14(15)11-4-7-13(8-5-11)23-16(24)2-1-3-17(25)26/h4-8,10H,1-3H2,(H,23,24)(H,25,26). The lowest BCUT2D eigenvalue weighted by molar-refractivity contribution is -0.138. The molecule has 0 heterocycles. The van der Waals surface area contributed by atoms with Crippen LogP contribution in [0.2, 0.25) is 5.02 Å². The predicted molar refractivity (Wildman–Crippen MR) is 90.8 cm³/mol. The molecule has 2 aromatic rings. The van der Waals surface area contributed by atoms with E-state index in [9.17, 15) is 22.8 Å². The van der Waals surface area contributed by atoms with Gasteiger partial charge < -0.3 is 10.4 Å². The minimum atomic E-state index is -4.50. The summed E-state index contributed by atoms with van der Waals surface area (Å²) in [7, 11) is 0. The second-order valence-corrected chi connectivity index (χ2v) is 5.86. The molecule has 26 heavy (non-hydrogen) atoms. The Morgan fingerprint density at radius 3 is 2.38 bits per heavy atom. The number of carboxylic acid groups (broad SMARTS) is 1. The van der Waals surface area contributed by atoms with Crippen molar-refractivity contribution in [3.05, 3.63) is 53.1 Å². The second-order valence-electron chi connectivity index (χ2n) is 5.49. The number of halogens is 4. The highest BCUT2D eigenvalue weighted by molar-refractivity contribution is 6.33. The van der Waals surface area contributed by atoms with Crippen molar-refractivity contribution >= 4 is 29.2 Å². The Hall–Kier alpha value is -2.54. The van der Waals surface area contributed by atoms with Gasteiger partial charge in [-0.1, -0.05) is 23.7 Å². The number of carbonyl (C=O) groups is 2. The maximum atomic E-state index is 12.8. The summed E-state index contributed by atoms with van der Waals surface area (Å²) in [6.45, 7) is 0. The van der Waals surface area contributed by atoms with Crippen molar-refractivity contribution in [2.75, 3.05) is 5.32 Å². The Labute approximate surface area is 152 Å². The number of rotatable bonds is 6. The highest BCUT2D eigenvalue weighted by atomic mass is 35.5. The van der Waals surface area contributed by atoms with Crippen LogP contribution in [0.5, 0.6) is 0 Å². The Morgan fingerprint density at radius 1 is 1.15 bits per heavy atom. The Morgan fingerprint density at radius 2 is 1.81 bits per heavy atom. The van der Waals surface area contributed by atoms with Crippen LogP contribution >= 0.6 is 11.6 Å². The van der Waals surface area contributed by atoms with E-state index in [-0.39, 0.29) is 35.8 Å². The molecule has 0 unspecified atom stereocenters. The van der Waals surface area contributed by atoms with E-state index < -0.39 is 17.7 Å². The zero-order valence-electron chi connectivity index (χ0n) is 13.4. The minimum Gasteiger partial charge on any atom is -0.481 e. The van der Waals surface area contributed by atoms with Gasteiger partial charge in [0.25, 0.3) is 0 Å². The smallest absolute Gasteiger partial charge is 0.416 e. The lowest BCUT2D eigenvalue weighted by Gasteiger charge is -2.11. The van der Waals surface area contributed by atoms with Crippen molar-refractivity contribution in [1.29, 1.82) is 0 Å². The number of hydrogen-bond donors (Lipinski definition) is 2. The van der Waals surface area contributed by atoms with Crippen LogP contribution in [0.4, 0.5) is 18.9 Å². The summed E-state index contributed by atoms with van der Waals surface area (Å²) in [5.74, 6) is -1.32. The number of benzene rings is 2. The third-order valence-electron chi connectivity index (χ3n) is 3.49. The molecule has 0 aliphatic heterocycles. The van der Waals surface area contributed by atoms with Gasteiger partial charge in [-0.25, -0.2) is 0 Å². The molecule has 2 aromatic carbocycles. The second kappa shape index (κ2) is 8.23. The number of aliphatic carboxylic acids is 1. The quantitative estimate of drug-likeness (QED) is 0.735. The molecule has 8 heteroatoms. The molecule has 0 saturated carbocycles. The first-order chi connectivity index (χ1) is 12.2. The first-order valence-corrected chi connectivity index (χ1v) is 7.95. The van der Waals surface area contributed by atoms with E-state index in [1.807, 2.05) is 0 Å². The molecule has 0 atom stereocenters. The van der Waals surface area contributed by atoms with Crippen LogP contribution in [-0.4, -0.2) is 17.0 Å². The first-order valence-electron chi connectivity index (χ1n) is 7.57. The summed E-state index contributed by atoms with van der Waals surface area (Å²) in [5, 5.41) is 11.2. The van der Waals surface area contributed by atoms with Crippen LogP contribution in [0.1, 0.15) is 24.8 Å². The summed E-state index contributed by atoms with van der Waals surface area (Å²) in [4.78, 5) is 22.1. The summed E-state index contributed by atoms with van der Waals surface area (Å²) in [6.07, 6.45) is -4.33. The van der Waals surface area contributed by atoms with Crippen LogP contribution in [-0.2, 0) is 15.8 Å². The molecule has 0 aliphatic carbocycles. The van der Waals surface area contributed by atoms with Crippen LogP contribution < -0.4 is 5.32 Å². The molecule has 0 bridgehead atoms. The number of alkyl halides is 3. The van der Waals surface area contributed by atoms with E-state index in [0.29, 0.717) is 11.3 Å². The number of hydrogen-bond acceptors (Lipinski definition) is 2. The van der Waals surface area contributed by atoms with Gasteiger partial charge in [0.05, 0.1) is 10.6 Å². The molecule has 0 fully saturated rings. The normalized spacial score (nSPS) is 11.2. The number of carboxylic acids is 1. The van der Waals surface area contributed by atoms with Crippen LogP contribution in [0.15, 0.2) is 36.4 Å². The van der Waals surface area contributed by atoms with Crippen molar-refractivity contribution < 1.29 is 27.9 Å². The van der Waals surface area contributed by atoms with E-state index in [1.165, 1.54) is 24.3 Å². The van der Waals surface area contributed by atoms with Gasteiger partial charge in [-0.05, 0) is 36.2 Å². The molecule has 1 radical (unpaired) electrons. The lowest BCUT2D eigenvalue weighted by Crippen LogP contribution is -2.11. The fourth-order valence-corrected chi connectivity index (χ4v) is 2.43. The maximum absolute atomic E-state index is 12.8. The van der Waals surface area contributed by atoms with E-state index >= 15 is 0 Å². The average Bonchev–Trinajstić information content (AvgIpc) is 2.54. The van der Waals surface area contributed by atoms with E-state index in [4.69, 9.17) is 16.7 Å². The molecule has 0 aromatic heterocycles. The fraction of sp³-hybridized carbons (Fsp3) is 0.222. The number of amides is 1. The fourth-order valence-electron chi connectivity index (χ4n) is 2.21. The lowest BCUT2D eigenvalue weighted by atomic mass is 10.0. The molecule has 4 nitrogen and oxygen atoms in total. The van der Waals surface area contributed by atoms with Gasteiger partial charge in [-0.2, -0.15) is 13.2 Å². The zero-order chi connectivity index (χ0) is 19.3. The molecule has 0 saturated heterocycles.